The molecule has 0 spiro atoms. The molecule has 3 rings (SSSR count). The van der Waals surface area contributed by atoms with Gasteiger partial charge >= 0.3 is 5.51 Å². The molecule has 0 atom stereocenters. The van der Waals surface area contributed by atoms with Gasteiger partial charge in [0.15, 0.2) is 15.7 Å². The third-order valence-corrected chi connectivity index (χ3v) is 5.95. The van der Waals surface area contributed by atoms with Gasteiger partial charge < -0.3 is 15.2 Å². The molecule has 0 saturated carbocycles. The number of anilines is 1. The van der Waals surface area contributed by atoms with Crippen molar-refractivity contribution >= 4 is 33.2 Å². The number of rotatable bonds is 7. The Morgan fingerprint density at radius 3 is 2.32 bits per heavy atom. The zero-order valence-corrected chi connectivity index (χ0v) is 18.8. The average molecular weight is 517 g/mol. The second kappa shape index (κ2) is 9.85. The van der Waals surface area contributed by atoms with Crippen LogP contribution in [0.5, 0.6) is 11.5 Å². The summed E-state index contributed by atoms with van der Waals surface area (Å²) in [5.41, 5.74) is -4.94. The molecular weight excluding hydrogens is 502 g/mol. The van der Waals surface area contributed by atoms with Crippen LogP contribution >= 0.6 is 11.8 Å². The maximum absolute atomic E-state index is 14.1. The van der Waals surface area contributed by atoms with Crippen LogP contribution in [0.2, 0.25) is 0 Å². The van der Waals surface area contributed by atoms with E-state index in [0.29, 0.717) is 6.07 Å². The fourth-order valence-corrected chi connectivity index (χ4v) is 3.87. The summed E-state index contributed by atoms with van der Waals surface area (Å²) >= 11 is -0.252. The second-order valence-electron chi connectivity index (χ2n) is 6.72. The highest BCUT2D eigenvalue weighted by atomic mass is 32.2. The molecule has 34 heavy (non-hydrogen) atoms. The molecule has 0 unspecified atom stereocenters. The Labute approximate surface area is 194 Å². The lowest BCUT2D eigenvalue weighted by molar-refractivity contribution is -0.0328. The highest BCUT2D eigenvalue weighted by Gasteiger charge is 2.29. The lowest BCUT2D eigenvalue weighted by atomic mass is 10.2. The average Bonchev–Trinajstić information content (AvgIpc) is 2.73. The van der Waals surface area contributed by atoms with Crippen LogP contribution < -0.4 is 10.1 Å². The van der Waals surface area contributed by atoms with Crippen molar-refractivity contribution in [3.8, 4) is 11.5 Å². The number of alkyl halides is 3. The monoisotopic (exact) mass is 517 g/mol. The third kappa shape index (κ3) is 6.81. The Hall–Kier alpha value is -3.39. The van der Waals surface area contributed by atoms with Crippen LogP contribution in [-0.2, 0) is 16.4 Å². The maximum atomic E-state index is 14.1. The van der Waals surface area contributed by atoms with E-state index in [1.807, 2.05) is 0 Å². The SMILES string of the molecule is CS(=O)(=O)c1cc(NC(=O)c2cnc(COc3ccc(SC(F)(F)F)cc3)nc2)c(F)cc1O. The van der Waals surface area contributed by atoms with Gasteiger partial charge in [0.2, 0.25) is 0 Å². The Kier molecular flexibility index (Phi) is 7.31. The minimum Gasteiger partial charge on any atom is -0.506 e. The number of ether oxygens (including phenoxy) is 1. The first kappa shape index (κ1) is 25.2. The summed E-state index contributed by atoms with van der Waals surface area (Å²) in [4.78, 5) is 19.7. The van der Waals surface area contributed by atoms with Gasteiger partial charge in [-0.3, -0.25) is 4.79 Å². The fourth-order valence-electron chi connectivity index (χ4n) is 2.56. The summed E-state index contributed by atoms with van der Waals surface area (Å²) in [6.45, 7) is -0.141. The Morgan fingerprint density at radius 2 is 1.76 bits per heavy atom. The molecule has 0 aliphatic carbocycles. The summed E-state index contributed by atoms with van der Waals surface area (Å²) in [6, 6.07) is 6.56. The molecule has 0 saturated heterocycles. The lowest BCUT2D eigenvalue weighted by Crippen LogP contribution is -2.15. The van der Waals surface area contributed by atoms with Crippen molar-refractivity contribution in [2.24, 2.45) is 0 Å². The maximum Gasteiger partial charge on any atom is 0.446 e. The van der Waals surface area contributed by atoms with E-state index >= 15 is 0 Å². The van der Waals surface area contributed by atoms with E-state index < -0.39 is 43.4 Å². The number of sulfone groups is 1. The number of thioether (sulfide) groups is 1. The molecule has 0 aliphatic heterocycles. The number of aromatic nitrogens is 2. The van der Waals surface area contributed by atoms with Crippen LogP contribution in [-0.4, -0.2) is 41.2 Å². The number of phenolic OH excluding ortho intramolecular Hbond substituents is 1. The fraction of sp³-hybridized carbons (Fsp3) is 0.150. The molecule has 2 aromatic carbocycles. The molecule has 8 nitrogen and oxygen atoms in total. The molecule has 0 fully saturated rings. The van der Waals surface area contributed by atoms with Gasteiger partial charge in [0, 0.05) is 29.6 Å². The summed E-state index contributed by atoms with van der Waals surface area (Å²) < 4.78 is 79.9. The minimum atomic E-state index is -4.39. The molecule has 0 bridgehead atoms. The van der Waals surface area contributed by atoms with E-state index in [-0.39, 0.29) is 40.4 Å². The third-order valence-electron chi connectivity index (χ3n) is 4.09. The zero-order chi connectivity index (χ0) is 25.1. The van der Waals surface area contributed by atoms with Crippen LogP contribution in [0.3, 0.4) is 0 Å². The molecule has 0 radical (unpaired) electrons. The van der Waals surface area contributed by atoms with Crippen LogP contribution in [0.1, 0.15) is 16.2 Å². The van der Waals surface area contributed by atoms with Crippen LogP contribution in [0.15, 0.2) is 58.6 Å². The number of aromatic hydroxyl groups is 1. The van der Waals surface area contributed by atoms with Crippen LogP contribution in [0.25, 0.3) is 0 Å². The molecule has 0 aliphatic rings. The van der Waals surface area contributed by atoms with Crippen LogP contribution in [0, 0.1) is 5.82 Å². The Balaban J connectivity index is 1.63. The number of hydrogen-bond acceptors (Lipinski definition) is 8. The van der Waals surface area contributed by atoms with Crippen molar-refractivity contribution in [1.82, 2.24) is 9.97 Å². The Morgan fingerprint density at radius 1 is 1.15 bits per heavy atom. The van der Waals surface area contributed by atoms with Crippen molar-refractivity contribution in [3.05, 3.63) is 66.0 Å². The predicted molar refractivity (Wildman–Crippen MR) is 114 cm³/mol. The van der Waals surface area contributed by atoms with Gasteiger partial charge in [0.05, 0.1) is 11.3 Å². The van der Waals surface area contributed by atoms with Gasteiger partial charge in [-0.25, -0.2) is 22.8 Å². The Bertz CT molecular complexity index is 1300. The van der Waals surface area contributed by atoms with E-state index in [1.54, 1.807) is 0 Å². The van der Waals surface area contributed by atoms with Gasteiger partial charge in [-0.05, 0) is 42.1 Å². The lowest BCUT2D eigenvalue weighted by Gasteiger charge is -2.10. The van der Waals surface area contributed by atoms with E-state index in [4.69, 9.17) is 4.74 Å². The van der Waals surface area contributed by atoms with Crippen molar-refractivity contribution in [3.63, 3.8) is 0 Å². The number of nitrogens with zero attached hydrogens (tertiary/aromatic N) is 2. The summed E-state index contributed by atoms with van der Waals surface area (Å²) in [5.74, 6) is -2.25. The second-order valence-corrected chi connectivity index (χ2v) is 9.84. The van der Waals surface area contributed by atoms with Crippen molar-refractivity contribution in [1.29, 1.82) is 0 Å². The number of halogens is 4. The number of hydrogen-bond donors (Lipinski definition) is 2. The number of carbonyl (C=O) groups excluding carboxylic acids is 1. The van der Waals surface area contributed by atoms with E-state index in [2.05, 4.69) is 15.3 Å². The molecule has 1 heterocycles. The number of carbonyl (C=O) groups is 1. The van der Waals surface area contributed by atoms with Gasteiger partial charge in [-0.1, -0.05) is 0 Å². The quantitative estimate of drug-likeness (QED) is 0.208. The van der Waals surface area contributed by atoms with Gasteiger partial charge in [0.25, 0.3) is 5.91 Å². The first-order valence-corrected chi connectivity index (χ1v) is 11.9. The van der Waals surface area contributed by atoms with Crippen molar-refractivity contribution < 1.29 is 40.6 Å². The minimum absolute atomic E-state index is 0.000174. The van der Waals surface area contributed by atoms with Gasteiger partial charge in [-0.2, -0.15) is 13.2 Å². The normalized spacial score (nSPS) is 11.8. The molecule has 1 aromatic heterocycles. The molecule has 3 aromatic rings. The highest BCUT2D eigenvalue weighted by molar-refractivity contribution is 8.00. The first-order chi connectivity index (χ1) is 15.8. The first-order valence-electron chi connectivity index (χ1n) is 9.15. The highest BCUT2D eigenvalue weighted by Crippen LogP contribution is 2.37. The summed E-state index contributed by atoms with van der Waals surface area (Å²) in [7, 11) is -3.88. The van der Waals surface area contributed by atoms with E-state index in [0.717, 1.165) is 24.7 Å². The summed E-state index contributed by atoms with van der Waals surface area (Å²) in [5, 5.41) is 11.8. The standard InChI is InChI=1S/C20H15F4N3O5S2/c1-34(30,31)17-7-15(14(21)6-16(17)28)27-19(29)11-8-25-18(26-9-11)10-32-12-2-4-13(5-3-12)33-20(22,23)24/h2-9,28H,10H2,1H3,(H,27,29). The largest absolute Gasteiger partial charge is 0.506 e. The number of nitrogens with one attached hydrogen (secondary N) is 1. The van der Waals surface area contributed by atoms with Crippen molar-refractivity contribution in [2.75, 3.05) is 11.6 Å². The molecule has 1 amide bonds. The topological polar surface area (TPSA) is 118 Å². The number of benzene rings is 2. The zero-order valence-electron chi connectivity index (χ0n) is 17.1. The van der Waals surface area contributed by atoms with Crippen molar-refractivity contribution in [2.45, 2.75) is 21.9 Å². The summed E-state index contributed by atoms with van der Waals surface area (Å²) in [6.07, 6.45) is 3.07. The number of phenols is 1. The van der Waals surface area contributed by atoms with E-state index in [9.17, 15) is 35.9 Å². The molecule has 180 valence electrons. The van der Waals surface area contributed by atoms with E-state index in [1.165, 1.54) is 24.3 Å². The molecular formula is C20H15F4N3O5S2. The van der Waals surface area contributed by atoms with Crippen LogP contribution in [0.4, 0.5) is 23.2 Å². The predicted octanol–water partition coefficient (Wildman–Crippen LogP) is 4.17. The molecule has 14 heteroatoms. The molecule has 2 N–H and O–H groups in total. The van der Waals surface area contributed by atoms with Gasteiger partial charge in [-0.15, -0.1) is 0 Å². The van der Waals surface area contributed by atoms with Gasteiger partial charge in [0.1, 0.15) is 28.8 Å². The number of amides is 1. The smallest absolute Gasteiger partial charge is 0.446 e.